The van der Waals surface area contributed by atoms with Crippen molar-refractivity contribution in [2.45, 2.75) is 19.3 Å². The number of alkyl halides is 3. The van der Waals surface area contributed by atoms with Crippen LogP contribution in [-0.2, 0) is 4.74 Å². The van der Waals surface area contributed by atoms with Crippen molar-refractivity contribution in [2.24, 2.45) is 0 Å². The van der Waals surface area contributed by atoms with Gasteiger partial charge in [-0.15, -0.1) is 13.2 Å². The topological polar surface area (TPSA) is 42.5 Å². The highest BCUT2D eigenvalue weighted by Gasteiger charge is 2.32. The van der Waals surface area contributed by atoms with Crippen molar-refractivity contribution >= 4 is 38.9 Å². The molecule has 0 heterocycles. The third-order valence-electron chi connectivity index (χ3n) is 2.21. The van der Waals surface area contributed by atoms with E-state index in [2.05, 4.69) is 31.3 Å². The van der Waals surface area contributed by atoms with E-state index in [1.54, 1.807) is 13.2 Å². The molecule has 1 rings (SSSR count). The Bertz CT molecular complexity index is 500. The van der Waals surface area contributed by atoms with E-state index in [9.17, 15) is 13.2 Å². The predicted octanol–water partition coefficient (Wildman–Crippen LogP) is 3.67. The minimum atomic E-state index is -4.78. The average Bonchev–Trinajstić information content (AvgIpc) is 2.30. The lowest BCUT2D eigenvalue weighted by atomic mass is 10.3. The van der Waals surface area contributed by atoms with E-state index in [1.165, 1.54) is 12.1 Å². The predicted molar refractivity (Wildman–Crippen MR) is 81.5 cm³/mol. The third kappa shape index (κ3) is 6.96. The summed E-state index contributed by atoms with van der Waals surface area (Å²) >= 11 is 8.12. The lowest BCUT2D eigenvalue weighted by Gasteiger charge is -2.18. The average molecular weight is 387 g/mol. The highest BCUT2D eigenvalue weighted by atomic mass is 79.9. The summed E-state index contributed by atoms with van der Waals surface area (Å²) in [5.74, 6) is -0.375. The Kier molecular flexibility index (Phi) is 6.69. The molecule has 1 aromatic carbocycles. The normalized spacial score (nSPS) is 12.7. The Morgan fingerprint density at radius 3 is 2.67 bits per heavy atom. The quantitative estimate of drug-likeness (QED) is 0.755. The number of hydrogen-bond acceptors (Lipinski definition) is 3. The number of benzene rings is 1. The van der Waals surface area contributed by atoms with Gasteiger partial charge in [-0.2, -0.15) is 0 Å². The van der Waals surface area contributed by atoms with Gasteiger partial charge in [0.1, 0.15) is 0 Å². The van der Waals surface area contributed by atoms with Crippen LogP contribution in [0.3, 0.4) is 0 Å². The molecule has 0 amide bonds. The minimum Gasteiger partial charge on any atom is -0.404 e. The third-order valence-corrected chi connectivity index (χ3v) is 2.92. The molecule has 0 saturated carbocycles. The molecule has 9 heteroatoms. The van der Waals surface area contributed by atoms with Crippen LogP contribution < -0.4 is 15.4 Å². The SMILES string of the molecule is COCC(C)NC(=S)Nc1ccc(Br)cc1OC(F)(F)F. The molecule has 0 aliphatic carbocycles. The fraction of sp³-hybridized carbons (Fsp3) is 0.417. The maximum atomic E-state index is 12.4. The van der Waals surface area contributed by atoms with Gasteiger partial charge in [0.2, 0.25) is 0 Å². The first kappa shape index (κ1) is 18.0. The Labute approximate surface area is 134 Å². The number of halogens is 4. The number of thiocarbonyl (C=S) groups is 1. The van der Waals surface area contributed by atoms with Gasteiger partial charge in [0.15, 0.2) is 10.9 Å². The molecule has 0 bridgehead atoms. The molecule has 1 atom stereocenters. The summed E-state index contributed by atoms with van der Waals surface area (Å²) in [6, 6.07) is 4.13. The van der Waals surface area contributed by atoms with Gasteiger partial charge >= 0.3 is 6.36 Å². The van der Waals surface area contributed by atoms with Crippen molar-refractivity contribution in [3.05, 3.63) is 22.7 Å². The van der Waals surface area contributed by atoms with Crippen LogP contribution in [0.25, 0.3) is 0 Å². The van der Waals surface area contributed by atoms with Crippen LogP contribution in [0, 0.1) is 0 Å². The second-order valence-electron chi connectivity index (χ2n) is 4.14. The van der Waals surface area contributed by atoms with Gasteiger partial charge in [-0.1, -0.05) is 15.9 Å². The molecular weight excluding hydrogens is 373 g/mol. The second-order valence-corrected chi connectivity index (χ2v) is 5.47. The van der Waals surface area contributed by atoms with Crippen molar-refractivity contribution in [1.29, 1.82) is 0 Å². The molecule has 0 aliphatic rings. The summed E-state index contributed by atoms with van der Waals surface area (Å²) in [6.45, 7) is 2.24. The lowest BCUT2D eigenvalue weighted by Crippen LogP contribution is -2.38. The summed E-state index contributed by atoms with van der Waals surface area (Å²) in [5.41, 5.74) is 0.109. The summed E-state index contributed by atoms with van der Waals surface area (Å²) < 4.78 is 46.5. The number of hydrogen-bond donors (Lipinski definition) is 2. The van der Waals surface area contributed by atoms with E-state index in [0.717, 1.165) is 0 Å². The largest absolute Gasteiger partial charge is 0.573 e. The highest BCUT2D eigenvalue weighted by Crippen LogP contribution is 2.32. The Morgan fingerprint density at radius 2 is 2.10 bits per heavy atom. The van der Waals surface area contributed by atoms with Gasteiger partial charge < -0.3 is 20.1 Å². The minimum absolute atomic E-state index is 0.0857. The lowest BCUT2D eigenvalue weighted by molar-refractivity contribution is -0.274. The Morgan fingerprint density at radius 1 is 1.43 bits per heavy atom. The van der Waals surface area contributed by atoms with Crippen LogP contribution in [0.15, 0.2) is 22.7 Å². The molecule has 0 fully saturated rings. The highest BCUT2D eigenvalue weighted by molar-refractivity contribution is 9.10. The second kappa shape index (κ2) is 7.81. The summed E-state index contributed by atoms with van der Waals surface area (Å²) in [7, 11) is 1.54. The van der Waals surface area contributed by atoms with Crippen LogP contribution in [0.5, 0.6) is 5.75 Å². The fourth-order valence-electron chi connectivity index (χ4n) is 1.48. The molecule has 0 radical (unpaired) electrons. The van der Waals surface area contributed by atoms with E-state index in [1.807, 2.05) is 6.92 Å². The van der Waals surface area contributed by atoms with Crippen molar-refractivity contribution < 1.29 is 22.6 Å². The van der Waals surface area contributed by atoms with Crippen LogP contribution in [0.4, 0.5) is 18.9 Å². The zero-order valence-electron chi connectivity index (χ0n) is 11.3. The van der Waals surface area contributed by atoms with Crippen molar-refractivity contribution in [1.82, 2.24) is 5.32 Å². The molecule has 0 aliphatic heterocycles. The molecule has 118 valence electrons. The van der Waals surface area contributed by atoms with Gasteiger partial charge in [0.05, 0.1) is 12.3 Å². The summed E-state index contributed by atoms with van der Waals surface area (Å²) in [4.78, 5) is 0. The molecule has 4 nitrogen and oxygen atoms in total. The van der Waals surface area contributed by atoms with Crippen LogP contribution in [-0.4, -0.2) is 31.2 Å². The molecule has 0 saturated heterocycles. The maximum Gasteiger partial charge on any atom is 0.573 e. The number of ether oxygens (including phenoxy) is 2. The van der Waals surface area contributed by atoms with Gasteiger partial charge in [-0.3, -0.25) is 0 Å². The first-order valence-electron chi connectivity index (χ1n) is 5.83. The zero-order chi connectivity index (χ0) is 16.0. The molecule has 0 spiro atoms. The first-order valence-corrected chi connectivity index (χ1v) is 7.03. The fourth-order valence-corrected chi connectivity index (χ4v) is 2.13. The number of methoxy groups -OCH3 is 1. The van der Waals surface area contributed by atoms with Crippen LogP contribution in [0.1, 0.15) is 6.92 Å². The zero-order valence-corrected chi connectivity index (χ0v) is 13.7. The van der Waals surface area contributed by atoms with Crippen molar-refractivity contribution in [3.63, 3.8) is 0 Å². The number of nitrogens with one attached hydrogen (secondary N) is 2. The molecule has 0 aromatic heterocycles. The van der Waals surface area contributed by atoms with Crippen molar-refractivity contribution in [2.75, 3.05) is 19.0 Å². The standard InChI is InChI=1S/C12H14BrF3N2O2S/c1-7(6-19-2)17-11(21)18-9-4-3-8(13)5-10(9)20-12(14,15)16/h3-5,7H,6H2,1-2H3,(H2,17,18,21). The molecule has 1 unspecified atom stereocenters. The first-order chi connectivity index (χ1) is 9.71. The molecular formula is C12H14BrF3N2O2S. The summed E-state index contributed by atoms with van der Waals surface area (Å²) in [5, 5.41) is 5.72. The van der Waals surface area contributed by atoms with Crippen LogP contribution in [0.2, 0.25) is 0 Å². The Hall–Kier alpha value is -1.06. The van der Waals surface area contributed by atoms with E-state index in [-0.39, 0.29) is 22.6 Å². The van der Waals surface area contributed by atoms with E-state index in [0.29, 0.717) is 11.1 Å². The number of anilines is 1. The summed E-state index contributed by atoms with van der Waals surface area (Å²) in [6.07, 6.45) is -4.78. The van der Waals surface area contributed by atoms with Gasteiger partial charge in [-0.25, -0.2) is 0 Å². The molecule has 2 N–H and O–H groups in total. The van der Waals surface area contributed by atoms with Crippen LogP contribution >= 0.6 is 28.1 Å². The van der Waals surface area contributed by atoms with E-state index in [4.69, 9.17) is 17.0 Å². The number of rotatable bonds is 5. The van der Waals surface area contributed by atoms with Gasteiger partial charge in [0.25, 0.3) is 0 Å². The monoisotopic (exact) mass is 386 g/mol. The van der Waals surface area contributed by atoms with E-state index < -0.39 is 6.36 Å². The molecule has 1 aromatic rings. The maximum absolute atomic E-state index is 12.4. The van der Waals surface area contributed by atoms with Gasteiger partial charge in [-0.05, 0) is 37.3 Å². The molecule has 21 heavy (non-hydrogen) atoms. The van der Waals surface area contributed by atoms with Gasteiger partial charge in [0, 0.05) is 17.6 Å². The van der Waals surface area contributed by atoms with E-state index >= 15 is 0 Å². The smallest absolute Gasteiger partial charge is 0.404 e. The Balaban J connectivity index is 2.80. The van der Waals surface area contributed by atoms with Crippen molar-refractivity contribution in [3.8, 4) is 5.75 Å².